The van der Waals surface area contributed by atoms with Gasteiger partial charge in [0, 0.05) is 0 Å². The van der Waals surface area contributed by atoms with E-state index < -0.39 is 24.5 Å². The zero-order chi connectivity index (χ0) is 14.8. The number of carboxylic acid groups (broad SMARTS) is 1. The number of hydrogen-bond donors (Lipinski definition) is 2. The number of esters is 1. The minimum atomic E-state index is -1.56. The Morgan fingerprint density at radius 3 is 2.32 bits per heavy atom. The largest absolute Gasteiger partial charge is 0.481 e. The van der Waals surface area contributed by atoms with Crippen LogP contribution in [0.4, 0.5) is 0 Å². The fraction of sp³-hybridized carbons (Fsp3) is 0.857. The normalized spacial score (nSPS) is 15.6. The molecule has 19 heavy (non-hydrogen) atoms. The molecule has 5 heteroatoms. The van der Waals surface area contributed by atoms with Crippen molar-refractivity contribution in [3.8, 4) is 0 Å². The molecule has 0 radical (unpaired) electrons. The molecule has 0 aliphatic carbocycles. The number of rotatable bonds is 10. The highest BCUT2D eigenvalue weighted by molar-refractivity contribution is 5.80. The Morgan fingerprint density at radius 1 is 1.21 bits per heavy atom. The van der Waals surface area contributed by atoms with Gasteiger partial charge in [0.25, 0.3) is 0 Å². The Bertz CT molecular complexity index is 277. The van der Waals surface area contributed by atoms with Crippen molar-refractivity contribution in [3.05, 3.63) is 0 Å². The first-order valence-corrected chi connectivity index (χ1v) is 6.98. The molecule has 0 aliphatic heterocycles. The molecule has 5 nitrogen and oxygen atoms in total. The van der Waals surface area contributed by atoms with Crippen LogP contribution in [0.1, 0.15) is 52.9 Å². The highest BCUT2D eigenvalue weighted by atomic mass is 16.5. The maximum Gasteiger partial charge on any atom is 0.335 e. The lowest BCUT2D eigenvalue weighted by Crippen LogP contribution is -2.26. The van der Waals surface area contributed by atoms with Crippen LogP contribution in [-0.2, 0) is 14.3 Å². The number of carboxylic acids is 1. The third-order valence-corrected chi connectivity index (χ3v) is 3.58. The molecule has 2 N–H and O–H groups in total. The molecule has 0 fully saturated rings. The van der Waals surface area contributed by atoms with Crippen molar-refractivity contribution < 1.29 is 24.5 Å². The number of ether oxygens (including phenoxy) is 1. The van der Waals surface area contributed by atoms with E-state index in [4.69, 9.17) is 9.84 Å². The van der Waals surface area contributed by atoms with Crippen molar-refractivity contribution in [2.75, 3.05) is 6.61 Å². The molecule has 0 bridgehead atoms. The van der Waals surface area contributed by atoms with E-state index >= 15 is 0 Å². The summed E-state index contributed by atoms with van der Waals surface area (Å²) in [5, 5.41) is 17.6. The second kappa shape index (κ2) is 9.78. The van der Waals surface area contributed by atoms with Crippen LogP contribution in [0, 0.1) is 11.8 Å². The predicted molar refractivity (Wildman–Crippen MR) is 71.7 cm³/mol. The fourth-order valence-corrected chi connectivity index (χ4v) is 2.09. The minimum Gasteiger partial charge on any atom is -0.481 e. The maximum atomic E-state index is 11.2. The first kappa shape index (κ1) is 17.9. The standard InChI is InChI=1S/C14H26O5/c1-4-10(3)11(5-2)7-6-8-19-14(18)12(15)9-13(16)17/h10-12,15H,4-9H2,1-3H3,(H,16,17). The van der Waals surface area contributed by atoms with Crippen LogP contribution in [0.2, 0.25) is 0 Å². The maximum absolute atomic E-state index is 11.2. The summed E-state index contributed by atoms with van der Waals surface area (Å²) in [5.74, 6) is -0.794. The lowest BCUT2D eigenvalue weighted by molar-refractivity contribution is -0.158. The molecule has 0 aromatic carbocycles. The molecule has 0 heterocycles. The molecule has 0 amide bonds. The van der Waals surface area contributed by atoms with E-state index in [1.165, 1.54) is 0 Å². The molecule has 0 spiro atoms. The quantitative estimate of drug-likeness (QED) is 0.471. The third kappa shape index (κ3) is 7.82. The van der Waals surface area contributed by atoms with Gasteiger partial charge in [0.05, 0.1) is 13.0 Å². The third-order valence-electron chi connectivity index (χ3n) is 3.58. The monoisotopic (exact) mass is 274 g/mol. The fourth-order valence-electron chi connectivity index (χ4n) is 2.09. The summed E-state index contributed by atoms with van der Waals surface area (Å²) < 4.78 is 4.86. The Hall–Kier alpha value is -1.10. The molecule has 3 atom stereocenters. The Morgan fingerprint density at radius 2 is 1.84 bits per heavy atom. The van der Waals surface area contributed by atoms with E-state index in [1.54, 1.807) is 0 Å². The number of carbonyl (C=O) groups excluding carboxylic acids is 1. The smallest absolute Gasteiger partial charge is 0.335 e. The predicted octanol–water partition coefficient (Wildman–Crippen LogP) is 2.22. The number of aliphatic hydroxyl groups excluding tert-OH is 1. The van der Waals surface area contributed by atoms with Gasteiger partial charge in [-0.25, -0.2) is 4.79 Å². The van der Waals surface area contributed by atoms with Crippen LogP contribution in [0.3, 0.4) is 0 Å². The lowest BCUT2D eigenvalue weighted by Gasteiger charge is -2.21. The number of aliphatic hydroxyl groups is 1. The highest BCUT2D eigenvalue weighted by Gasteiger charge is 2.20. The van der Waals surface area contributed by atoms with Gasteiger partial charge < -0.3 is 14.9 Å². The van der Waals surface area contributed by atoms with Crippen molar-refractivity contribution in [2.24, 2.45) is 11.8 Å². The van der Waals surface area contributed by atoms with E-state index in [0.717, 1.165) is 25.7 Å². The molecule has 0 rings (SSSR count). The average molecular weight is 274 g/mol. The molecule has 0 saturated heterocycles. The van der Waals surface area contributed by atoms with Crippen LogP contribution in [0.5, 0.6) is 0 Å². The second-order valence-electron chi connectivity index (χ2n) is 4.98. The second-order valence-corrected chi connectivity index (χ2v) is 4.98. The Labute approximate surface area is 115 Å². The summed E-state index contributed by atoms with van der Waals surface area (Å²) in [6.45, 7) is 6.77. The summed E-state index contributed by atoms with van der Waals surface area (Å²) in [6, 6.07) is 0. The lowest BCUT2D eigenvalue weighted by atomic mass is 9.86. The zero-order valence-corrected chi connectivity index (χ0v) is 12.1. The molecule has 0 aromatic rings. The Kier molecular flexibility index (Phi) is 9.21. The van der Waals surface area contributed by atoms with Crippen LogP contribution >= 0.6 is 0 Å². The summed E-state index contributed by atoms with van der Waals surface area (Å²) in [4.78, 5) is 21.6. The Balaban J connectivity index is 3.84. The summed E-state index contributed by atoms with van der Waals surface area (Å²) >= 11 is 0. The summed E-state index contributed by atoms with van der Waals surface area (Å²) in [6.07, 6.45) is 1.79. The van der Waals surface area contributed by atoms with Gasteiger partial charge in [-0.1, -0.05) is 33.6 Å². The molecular weight excluding hydrogens is 248 g/mol. The molecule has 0 aromatic heterocycles. The number of aliphatic carboxylic acids is 1. The topological polar surface area (TPSA) is 83.8 Å². The van der Waals surface area contributed by atoms with Gasteiger partial charge in [0.1, 0.15) is 0 Å². The first-order chi connectivity index (χ1) is 8.92. The summed E-state index contributed by atoms with van der Waals surface area (Å²) in [7, 11) is 0. The van der Waals surface area contributed by atoms with Crippen LogP contribution in [0.15, 0.2) is 0 Å². The average Bonchev–Trinajstić information content (AvgIpc) is 2.36. The van der Waals surface area contributed by atoms with Crippen molar-refractivity contribution in [3.63, 3.8) is 0 Å². The van der Waals surface area contributed by atoms with Gasteiger partial charge in [-0.15, -0.1) is 0 Å². The van der Waals surface area contributed by atoms with Gasteiger partial charge in [-0.3, -0.25) is 4.79 Å². The van der Waals surface area contributed by atoms with E-state index in [0.29, 0.717) is 11.8 Å². The van der Waals surface area contributed by atoms with Gasteiger partial charge in [0.2, 0.25) is 0 Å². The van der Waals surface area contributed by atoms with E-state index in [9.17, 15) is 14.7 Å². The SMILES string of the molecule is CCC(C)C(CC)CCCOC(=O)C(O)CC(=O)O. The zero-order valence-electron chi connectivity index (χ0n) is 12.1. The van der Waals surface area contributed by atoms with Gasteiger partial charge in [0.15, 0.2) is 6.10 Å². The van der Waals surface area contributed by atoms with Crippen molar-refractivity contribution in [1.29, 1.82) is 0 Å². The van der Waals surface area contributed by atoms with Crippen LogP contribution in [0.25, 0.3) is 0 Å². The van der Waals surface area contributed by atoms with Gasteiger partial charge in [-0.05, 0) is 24.7 Å². The van der Waals surface area contributed by atoms with Crippen molar-refractivity contribution in [1.82, 2.24) is 0 Å². The van der Waals surface area contributed by atoms with E-state index in [1.807, 2.05) is 0 Å². The number of carbonyl (C=O) groups is 2. The molecule has 3 unspecified atom stereocenters. The van der Waals surface area contributed by atoms with Gasteiger partial charge in [-0.2, -0.15) is 0 Å². The van der Waals surface area contributed by atoms with Crippen molar-refractivity contribution in [2.45, 2.75) is 59.0 Å². The van der Waals surface area contributed by atoms with Crippen LogP contribution in [-0.4, -0.2) is 34.9 Å². The van der Waals surface area contributed by atoms with Crippen molar-refractivity contribution >= 4 is 11.9 Å². The molecule has 112 valence electrons. The first-order valence-electron chi connectivity index (χ1n) is 6.98. The van der Waals surface area contributed by atoms with E-state index in [2.05, 4.69) is 20.8 Å². The summed E-state index contributed by atoms with van der Waals surface area (Å²) in [5.41, 5.74) is 0. The minimum absolute atomic E-state index is 0.239. The van der Waals surface area contributed by atoms with Gasteiger partial charge >= 0.3 is 11.9 Å². The highest BCUT2D eigenvalue weighted by Crippen LogP contribution is 2.23. The molecular formula is C14H26O5. The molecule has 0 aliphatic rings. The van der Waals surface area contributed by atoms with E-state index in [-0.39, 0.29) is 6.61 Å². The van der Waals surface area contributed by atoms with Crippen LogP contribution < -0.4 is 0 Å². The molecule has 0 saturated carbocycles. The number of hydrogen-bond acceptors (Lipinski definition) is 4.